The summed E-state index contributed by atoms with van der Waals surface area (Å²) in [6, 6.07) is 9.43. The van der Waals surface area contributed by atoms with Crippen LogP contribution in [0.3, 0.4) is 0 Å². The van der Waals surface area contributed by atoms with E-state index in [0.29, 0.717) is 0 Å². The van der Waals surface area contributed by atoms with Crippen LogP contribution in [0.2, 0.25) is 0 Å². The van der Waals surface area contributed by atoms with Crippen LogP contribution in [0.4, 0.5) is 5.69 Å². The van der Waals surface area contributed by atoms with E-state index >= 15 is 0 Å². The second-order valence-corrected chi connectivity index (χ2v) is 3.93. The number of benzene rings is 1. The van der Waals surface area contributed by atoms with Crippen LogP contribution >= 0.6 is 0 Å². The molecule has 94 valence electrons. The Labute approximate surface area is 102 Å². The van der Waals surface area contributed by atoms with E-state index in [-0.39, 0.29) is 25.3 Å². The smallest absolute Gasteiger partial charge is 0.254 e. The minimum Gasteiger partial charge on any atom is -0.375 e. The van der Waals surface area contributed by atoms with E-state index in [1.807, 2.05) is 44.2 Å². The van der Waals surface area contributed by atoms with Crippen molar-refractivity contribution in [1.29, 1.82) is 0 Å². The summed E-state index contributed by atoms with van der Waals surface area (Å²) in [5.74, 6) is -0.112. The Morgan fingerprint density at radius 1 is 1.29 bits per heavy atom. The van der Waals surface area contributed by atoms with Crippen LogP contribution in [-0.4, -0.2) is 32.5 Å². The Morgan fingerprint density at radius 3 is 2.47 bits per heavy atom. The van der Waals surface area contributed by atoms with E-state index in [4.69, 9.17) is 9.47 Å². The Bertz CT molecular complexity index is 338. The molecular weight excluding hydrogens is 218 g/mol. The molecule has 17 heavy (non-hydrogen) atoms. The van der Waals surface area contributed by atoms with Gasteiger partial charge in [-0.05, 0) is 26.0 Å². The van der Waals surface area contributed by atoms with Gasteiger partial charge in [0.05, 0.1) is 6.10 Å². The van der Waals surface area contributed by atoms with Crippen LogP contribution in [-0.2, 0) is 14.3 Å². The van der Waals surface area contributed by atoms with Gasteiger partial charge in [0, 0.05) is 12.8 Å². The highest BCUT2D eigenvalue weighted by atomic mass is 16.5. The van der Waals surface area contributed by atoms with Crippen molar-refractivity contribution in [3.63, 3.8) is 0 Å². The normalized spacial score (nSPS) is 10.6. The van der Waals surface area contributed by atoms with Crippen molar-refractivity contribution in [2.75, 3.05) is 25.3 Å². The molecule has 0 aliphatic carbocycles. The predicted octanol–water partition coefficient (Wildman–Crippen LogP) is 2.05. The highest BCUT2D eigenvalue weighted by Gasteiger charge is 2.15. The fraction of sp³-hybridized carbons (Fsp3) is 0.462. The van der Waals surface area contributed by atoms with Crippen molar-refractivity contribution in [1.82, 2.24) is 0 Å². The predicted molar refractivity (Wildman–Crippen MR) is 66.9 cm³/mol. The molecule has 1 aromatic carbocycles. The second kappa shape index (κ2) is 7.04. The average Bonchev–Trinajstić information content (AvgIpc) is 2.30. The topological polar surface area (TPSA) is 38.8 Å². The quantitative estimate of drug-likeness (QED) is 0.711. The lowest BCUT2D eigenvalue weighted by molar-refractivity contribution is -0.123. The number of para-hydroxylation sites is 1. The van der Waals surface area contributed by atoms with Crippen molar-refractivity contribution in [3.8, 4) is 0 Å². The highest BCUT2D eigenvalue weighted by molar-refractivity contribution is 5.94. The number of carbonyl (C=O) groups is 1. The summed E-state index contributed by atoms with van der Waals surface area (Å²) in [4.78, 5) is 13.5. The molecule has 4 heteroatoms. The molecule has 0 saturated heterocycles. The maximum absolute atomic E-state index is 11.9. The third kappa shape index (κ3) is 4.54. The Kier molecular flexibility index (Phi) is 5.66. The lowest BCUT2D eigenvalue weighted by Crippen LogP contribution is -2.36. The molecule has 0 aliphatic heterocycles. The summed E-state index contributed by atoms with van der Waals surface area (Å²) in [6.07, 6.45) is 0.0801. The number of carbonyl (C=O) groups excluding carboxylic acids is 1. The van der Waals surface area contributed by atoms with E-state index in [0.717, 1.165) is 5.69 Å². The van der Waals surface area contributed by atoms with Gasteiger partial charge in [-0.2, -0.15) is 0 Å². The summed E-state index contributed by atoms with van der Waals surface area (Å²) in [7, 11) is 1.50. The Balaban J connectivity index is 2.75. The first kappa shape index (κ1) is 13.7. The zero-order valence-corrected chi connectivity index (χ0v) is 10.6. The fourth-order valence-corrected chi connectivity index (χ4v) is 1.32. The average molecular weight is 237 g/mol. The number of methoxy groups -OCH3 is 1. The minimum atomic E-state index is -0.112. The zero-order valence-electron chi connectivity index (χ0n) is 10.6. The molecule has 0 spiro atoms. The lowest BCUT2D eigenvalue weighted by Gasteiger charge is -2.23. The molecule has 0 bridgehead atoms. The van der Waals surface area contributed by atoms with Crippen LogP contribution in [0, 0.1) is 0 Å². The number of anilines is 1. The van der Waals surface area contributed by atoms with Gasteiger partial charge in [0.1, 0.15) is 13.3 Å². The van der Waals surface area contributed by atoms with E-state index in [1.165, 1.54) is 7.11 Å². The number of hydrogen-bond acceptors (Lipinski definition) is 3. The van der Waals surface area contributed by atoms with E-state index in [9.17, 15) is 4.79 Å². The number of rotatable bonds is 6. The number of nitrogens with zero attached hydrogens (tertiary/aromatic N) is 1. The maximum Gasteiger partial charge on any atom is 0.254 e. The SMILES string of the molecule is COCC(=O)N(COC(C)C)c1ccccc1. The molecule has 0 saturated carbocycles. The zero-order chi connectivity index (χ0) is 12.7. The molecule has 0 heterocycles. The van der Waals surface area contributed by atoms with Gasteiger partial charge >= 0.3 is 0 Å². The van der Waals surface area contributed by atoms with Gasteiger partial charge in [0.15, 0.2) is 0 Å². The molecule has 0 unspecified atom stereocenters. The van der Waals surface area contributed by atoms with Crippen LogP contribution in [0.25, 0.3) is 0 Å². The number of amides is 1. The largest absolute Gasteiger partial charge is 0.375 e. The molecule has 0 aromatic heterocycles. The first-order chi connectivity index (χ1) is 8.15. The summed E-state index contributed by atoms with van der Waals surface area (Å²) in [6.45, 7) is 4.16. The number of ether oxygens (including phenoxy) is 2. The second-order valence-electron chi connectivity index (χ2n) is 3.93. The van der Waals surface area contributed by atoms with Gasteiger partial charge in [0.2, 0.25) is 0 Å². The molecule has 0 fully saturated rings. The fourth-order valence-electron chi connectivity index (χ4n) is 1.32. The minimum absolute atomic E-state index is 0.0519. The van der Waals surface area contributed by atoms with Gasteiger partial charge in [-0.15, -0.1) is 0 Å². The Hall–Kier alpha value is -1.39. The molecule has 0 atom stereocenters. The van der Waals surface area contributed by atoms with Gasteiger partial charge in [0.25, 0.3) is 5.91 Å². The van der Waals surface area contributed by atoms with Crippen LogP contribution in [0.5, 0.6) is 0 Å². The first-order valence-electron chi connectivity index (χ1n) is 5.61. The standard InChI is InChI=1S/C13H19NO3/c1-11(2)17-10-14(13(15)9-16-3)12-7-5-4-6-8-12/h4-8,11H,9-10H2,1-3H3. The molecular formula is C13H19NO3. The third-order valence-electron chi connectivity index (χ3n) is 2.17. The van der Waals surface area contributed by atoms with Gasteiger partial charge in [-0.25, -0.2) is 0 Å². The summed E-state index contributed by atoms with van der Waals surface area (Å²) in [5.41, 5.74) is 0.815. The van der Waals surface area contributed by atoms with E-state index in [2.05, 4.69) is 0 Å². The maximum atomic E-state index is 11.9. The Morgan fingerprint density at radius 2 is 1.94 bits per heavy atom. The first-order valence-corrected chi connectivity index (χ1v) is 5.61. The van der Waals surface area contributed by atoms with E-state index in [1.54, 1.807) is 4.90 Å². The van der Waals surface area contributed by atoms with Crippen LogP contribution < -0.4 is 4.90 Å². The molecule has 0 N–H and O–H groups in total. The van der Waals surface area contributed by atoms with Gasteiger partial charge in [-0.1, -0.05) is 18.2 Å². The van der Waals surface area contributed by atoms with Crippen molar-refractivity contribution in [3.05, 3.63) is 30.3 Å². The summed E-state index contributed by atoms with van der Waals surface area (Å²) >= 11 is 0. The van der Waals surface area contributed by atoms with Crippen molar-refractivity contribution in [2.45, 2.75) is 20.0 Å². The van der Waals surface area contributed by atoms with Gasteiger partial charge in [-0.3, -0.25) is 9.69 Å². The summed E-state index contributed by atoms with van der Waals surface area (Å²) < 4.78 is 10.3. The molecule has 0 aliphatic rings. The molecule has 1 aromatic rings. The monoisotopic (exact) mass is 237 g/mol. The van der Waals surface area contributed by atoms with Crippen LogP contribution in [0.15, 0.2) is 30.3 Å². The van der Waals surface area contributed by atoms with Crippen LogP contribution in [0.1, 0.15) is 13.8 Å². The number of hydrogen-bond donors (Lipinski definition) is 0. The molecule has 1 amide bonds. The molecule has 1 rings (SSSR count). The van der Waals surface area contributed by atoms with Crippen molar-refractivity contribution >= 4 is 11.6 Å². The third-order valence-corrected chi connectivity index (χ3v) is 2.17. The highest BCUT2D eigenvalue weighted by Crippen LogP contribution is 2.13. The van der Waals surface area contributed by atoms with Crippen molar-refractivity contribution < 1.29 is 14.3 Å². The summed E-state index contributed by atoms with van der Waals surface area (Å²) in [5, 5.41) is 0. The molecule has 4 nitrogen and oxygen atoms in total. The molecule has 0 radical (unpaired) electrons. The van der Waals surface area contributed by atoms with E-state index < -0.39 is 0 Å². The lowest BCUT2D eigenvalue weighted by atomic mass is 10.3. The van der Waals surface area contributed by atoms with Gasteiger partial charge < -0.3 is 9.47 Å². The van der Waals surface area contributed by atoms with Crippen molar-refractivity contribution in [2.24, 2.45) is 0 Å².